The highest BCUT2D eigenvalue weighted by atomic mass is 16.5. The van der Waals surface area contributed by atoms with Crippen LogP contribution >= 0.6 is 0 Å². The summed E-state index contributed by atoms with van der Waals surface area (Å²) in [4.78, 5) is 25.8. The number of hydrogen-bond donors (Lipinski definition) is 1. The molecule has 1 fully saturated rings. The maximum absolute atomic E-state index is 12.9. The van der Waals surface area contributed by atoms with Crippen molar-refractivity contribution in [2.45, 2.75) is 12.8 Å². The van der Waals surface area contributed by atoms with E-state index in [1.807, 2.05) is 23.1 Å². The Hall–Kier alpha value is -2.51. The van der Waals surface area contributed by atoms with Crippen LogP contribution in [0.2, 0.25) is 0 Å². The number of aryl methyl sites for hydroxylation is 1. The zero-order valence-corrected chi connectivity index (χ0v) is 15.4. The summed E-state index contributed by atoms with van der Waals surface area (Å²) in [5, 5.41) is 3.27. The highest BCUT2D eigenvalue weighted by Gasteiger charge is 2.24. The van der Waals surface area contributed by atoms with Gasteiger partial charge in [0.25, 0.3) is 5.91 Å². The second-order valence-electron chi connectivity index (χ2n) is 6.86. The fourth-order valence-corrected chi connectivity index (χ4v) is 3.58. The predicted octanol–water partition coefficient (Wildman–Crippen LogP) is 1.81. The molecule has 7 nitrogen and oxygen atoms in total. The summed E-state index contributed by atoms with van der Waals surface area (Å²) in [6.45, 7) is 6.00. The summed E-state index contributed by atoms with van der Waals surface area (Å²) in [6.07, 6.45) is 5.19. The van der Waals surface area contributed by atoms with Crippen molar-refractivity contribution in [3.05, 3.63) is 47.9 Å². The highest BCUT2D eigenvalue weighted by molar-refractivity contribution is 6.05. The summed E-state index contributed by atoms with van der Waals surface area (Å²) < 4.78 is 5.35. The van der Waals surface area contributed by atoms with Crippen molar-refractivity contribution in [2.75, 3.05) is 56.2 Å². The van der Waals surface area contributed by atoms with Crippen LogP contribution in [0.25, 0.3) is 0 Å². The molecule has 1 amide bonds. The molecule has 0 spiro atoms. The van der Waals surface area contributed by atoms with Crippen LogP contribution in [0.15, 0.2) is 36.7 Å². The standard InChI is InChI=1S/C20H25N5O2/c26-20(25-8-3-5-16-4-1-2-6-18(16)25)17-14-23-19(15-22-17)21-7-9-24-10-12-27-13-11-24/h1-2,4,6,14-15H,3,5,7-13H2,(H,21,23). The lowest BCUT2D eigenvalue weighted by Gasteiger charge is -2.29. The second kappa shape index (κ2) is 8.45. The zero-order chi connectivity index (χ0) is 18.5. The van der Waals surface area contributed by atoms with E-state index in [2.05, 4.69) is 26.3 Å². The molecule has 4 rings (SSSR count). The van der Waals surface area contributed by atoms with E-state index in [1.54, 1.807) is 12.4 Å². The highest BCUT2D eigenvalue weighted by Crippen LogP contribution is 2.27. The summed E-state index contributed by atoms with van der Waals surface area (Å²) >= 11 is 0. The third-order valence-corrected chi connectivity index (χ3v) is 5.06. The smallest absolute Gasteiger partial charge is 0.278 e. The van der Waals surface area contributed by atoms with Crippen LogP contribution in [-0.2, 0) is 11.2 Å². The molecule has 0 bridgehead atoms. The van der Waals surface area contributed by atoms with Crippen molar-refractivity contribution < 1.29 is 9.53 Å². The Morgan fingerprint density at radius 2 is 1.96 bits per heavy atom. The normalized spacial score (nSPS) is 17.4. The Balaban J connectivity index is 1.35. The van der Waals surface area contributed by atoms with Gasteiger partial charge < -0.3 is 15.0 Å². The van der Waals surface area contributed by atoms with E-state index in [4.69, 9.17) is 4.74 Å². The van der Waals surface area contributed by atoms with Gasteiger partial charge in [-0.05, 0) is 24.5 Å². The number of carbonyl (C=O) groups excluding carboxylic acids is 1. The molecule has 0 saturated carbocycles. The van der Waals surface area contributed by atoms with Crippen LogP contribution in [0.4, 0.5) is 11.5 Å². The van der Waals surface area contributed by atoms with E-state index in [-0.39, 0.29) is 5.91 Å². The second-order valence-corrected chi connectivity index (χ2v) is 6.86. The summed E-state index contributed by atoms with van der Waals surface area (Å²) in [6, 6.07) is 8.07. The largest absolute Gasteiger partial charge is 0.379 e. The number of hydrogen-bond acceptors (Lipinski definition) is 6. The molecular weight excluding hydrogens is 342 g/mol. The van der Waals surface area contributed by atoms with Crippen molar-refractivity contribution in [1.82, 2.24) is 14.9 Å². The summed E-state index contributed by atoms with van der Waals surface area (Å²) in [5.74, 6) is 0.605. The Morgan fingerprint density at radius 1 is 1.11 bits per heavy atom. The molecule has 1 aromatic carbocycles. The molecular formula is C20H25N5O2. The molecule has 1 saturated heterocycles. The first-order valence-corrected chi connectivity index (χ1v) is 9.57. The molecule has 2 aromatic rings. The quantitative estimate of drug-likeness (QED) is 0.869. The van der Waals surface area contributed by atoms with Crippen LogP contribution in [0.5, 0.6) is 0 Å². The number of aromatic nitrogens is 2. The van der Waals surface area contributed by atoms with E-state index < -0.39 is 0 Å². The molecule has 27 heavy (non-hydrogen) atoms. The van der Waals surface area contributed by atoms with Crippen LogP contribution in [0.3, 0.4) is 0 Å². The van der Waals surface area contributed by atoms with Crippen LogP contribution in [-0.4, -0.2) is 66.7 Å². The molecule has 142 valence electrons. The van der Waals surface area contributed by atoms with Gasteiger partial charge in [-0.25, -0.2) is 9.97 Å². The maximum atomic E-state index is 12.9. The molecule has 2 aliphatic rings. The Kier molecular flexibility index (Phi) is 5.60. The summed E-state index contributed by atoms with van der Waals surface area (Å²) in [7, 11) is 0. The van der Waals surface area contributed by atoms with E-state index in [9.17, 15) is 4.79 Å². The number of benzene rings is 1. The minimum Gasteiger partial charge on any atom is -0.379 e. The van der Waals surface area contributed by atoms with Crippen LogP contribution in [0, 0.1) is 0 Å². The molecule has 0 radical (unpaired) electrons. The van der Waals surface area contributed by atoms with Gasteiger partial charge in [-0.2, -0.15) is 0 Å². The number of morpholine rings is 1. The van der Waals surface area contributed by atoms with Crippen molar-refractivity contribution in [3.63, 3.8) is 0 Å². The van der Waals surface area contributed by atoms with Crippen molar-refractivity contribution in [3.8, 4) is 0 Å². The minimum absolute atomic E-state index is 0.0884. The van der Waals surface area contributed by atoms with Gasteiger partial charge in [-0.1, -0.05) is 18.2 Å². The first-order chi connectivity index (χ1) is 13.3. The lowest BCUT2D eigenvalue weighted by molar-refractivity contribution is 0.0398. The number of rotatable bonds is 5. The van der Waals surface area contributed by atoms with Gasteiger partial charge in [0.2, 0.25) is 0 Å². The molecule has 1 aromatic heterocycles. The number of nitrogens with zero attached hydrogens (tertiary/aromatic N) is 4. The lowest BCUT2D eigenvalue weighted by atomic mass is 10.0. The number of anilines is 2. The maximum Gasteiger partial charge on any atom is 0.278 e. The van der Waals surface area contributed by atoms with E-state index in [0.29, 0.717) is 11.5 Å². The molecule has 0 unspecified atom stereocenters. The van der Waals surface area contributed by atoms with Gasteiger partial charge in [-0.3, -0.25) is 9.69 Å². The van der Waals surface area contributed by atoms with E-state index >= 15 is 0 Å². The Labute approximate surface area is 159 Å². The van der Waals surface area contributed by atoms with Crippen LogP contribution < -0.4 is 10.2 Å². The van der Waals surface area contributed by atoms with Gasteiger partial charge in [0, 0.05) is 38.4 Å². The summed E-state index contributed by atoms with van der Waals surface area (Å²) in [5.41, 5.74) is 2.58. The molecule has 7 heteroatoms. The Morgan fingerprint density at radius 3 is 2.78 bits per heavy atom. The van der Waals surface area contributed by atoms with E-state index in [0.717, 1.165) is 64.5 Å². The van der Waals surface area contributed by atoms with Gasteiger partial charge in [0.05, 0.1) is 25.6 Å². The first-order valence-electron chi connectivity index (χ1n) is 9.57. The number of fused-ring (bicyclic) bond motifs is 1. The number of amides is 1. The molecule has 1 N–H and O–H groups in total. The average Bonchev–Trinajstić information content (AvgIpc) is 2.74. The van der Waals surface area contributed by atoms with Crippen molar-refractivity contribution in [2.24, 2.45) is 0 Å². The SMILES string of the molecule is O=C(c1cnc(NCCN2CCOCC2)cn1)N1CCCc2ccccc21. The number of para-hydroxylation sites is 1. The number of ether oxygens (including phenoxy) is 1. The topological polar surface area (TPSA) is 70.6 Å². The number of nitrogens with one attached hydrogen (secondary N) is 1. The fraction of sp³-hybridized carbons (Fsp3) is 0.450. The fourth-order valence-electron chi connectivity index (χ4n) is 3.58. The van der Waals surface area contributed by atoms with Gasteiger partial charge in [0.1, 0.15) is 11.5 Å². The third-order valence-electron chi connectivity index (χ3n) is 5.06. The van der Waals surface area contributed by atoms with Crippen molar-refractivity contribution in [1.29, 1.82) is 0 Å². The molecule has 3 heterocycles. The first kappa shape index (κ1) is 17.9. The number of carbonyl (C=O) groups is 1. The molecule has 0 atom stereocenters. The predicted molar refractivity (Wildman–Crippen MR) is 104 cm³/mol. The minimum atomic E-state index is -0.0884. The van der Waals surface area contributed by atoms with Crippen molar-refractivity contribution >= 4 is 17.4 Å². The lowest BCUT2D eigenvalue weighted by Crippen LogP contribution is -2.39. The van der Waals surface area contributed by atoms with Gasteiger partial charge >= 0.3 is 0 Å². The monoisotopic (exact) mass is 367 g/mol. The van der Waals surface area contributed by atoms with Gasteiger partial charge in [-0.15, -0.1) is 0 Å². The molecule has 2 aliphatic heterocycles. The van der Waals surface area contributed by atoms with Crippen LogP contribution in [0.1, 0.15) is 22.5 Å². The zero-order valence-electron chi connectivity index (χ0n) is 15.4. The average molecular weight is 367 g/mol. The van der Waals surface area contributed by atoms with E-state index in [1.165, 1.54) is 5.56 Å². The van der Waals surface area contributed by atoms with Gasteiger partial charge in [0.15, 0.2) is 0 Å². The molecule has 0 aliphatic carbocycles. The Bertz CT molecular complexity index is 774. The third kappa shape index (κ3) is 4.26.